The van der Waals surface area contributed by atoms with Crippen molar-refractivity contribution in [1.82, 2.24) is 0 Å². The molecule has 0 N–H and O–H groups in total. The van der Waals surface area contributed by atoms with Gasteiger partial charge in [-0.25, -0.2) is 0 Å². The summed E-state index contributed by atoms with van der Waals surface area (Å²) in [6.45, 7) is 6.17. The lowest BCUT2D eigenvalue weighted by atomic mass is 9.99. The molecule has 0 amide bonds. The second-order valence-electron chi connectivity index (χ2n) is 13.0. The van der Waals surface area contributed by atoms with Crippen molar-refractivity contribution in [2.24, 2.45) is 0 Å². The van der Waals surface area contributed by atoms with Gasteiger partial charge in [-0.05, 0) is 94.7 Å². The van der Waals surface area contributed by atoms with Crippen LogP contribution in [-0.4, -0.2) is 0 Å². The molecule has 0 aromatic heterocycles. The Morgan fingerprint density at radius 3 is 1.49 bits per heavy atom. The van der Waals surface area contributed by atoms with Crippen LogP contribution in [0.2, 0.25) is 0 Å². The molecule has 0 atom stereocenters. The summed E-state index contributed by atoms with van der Waals surface area (Å²) in [5.41, 5.74) is 13.7. The molecule has 8 aromatic rings. The molecule has 0 radical (unpaired) electrons. The number of benzene rings is 8. The van der Waals surface area contributed by atoms with E-state index in [1.807, 2.05) is 6.08 Å². The number of allylic oxidation sites excluding steroid dienone is 1. The van der Waals surface area contributed by atoms with Crippen LogP contribution in [0, 0.1) is 0 Å². The van der Waals surface area contributed by atoms with Crippen LogP contribution in [-0.2, 0) is 0 Å². The normalized spacial score (nSPS) is 11.3. The SMILES string of the molecule is C=Cc1ccccc1/C(=C\C)N(c1ccccc1)c1ccc(-c2ccc(-c3ccc(N(c4ccccc4)c4cccc5ccccc45)cc3)cc2)cc1. The van der Waals surface area contributed by atoms with Crippen LogP contribution < -0.4 is 9.80 Å². The summed E-state index contributed by atoms with van der Waals surface area (Å²) in [5, 5.41) is 2.45. The van der Waals surface area contributed by atoms with Gasteiger partial charge in [0.2, 0.25) is 0 Å². The Kier molecular flexibility index (Phi) is 9.50. The molecule has 0 fully saturated rings. The highest BCUT2D eigenvalue weighted by atomic mass is 15.2. The Balaban J connectivity index is 1.07. The van der Waals surface area contributed by atoms with E-state index in [0.717, 1.165) is 45.3 Å². The molecule has 0 heterocycles. The summed E-state index contributed by atoms with van der Waals surface area (Å²) < 4.78 is 0. The molecule has 0 bridgehead atoms. The van der Waals surface area contributed by atoms with Gasteiger partial charge < -0.3 is 9.80 Å². The minimum atomic E-state index is 1.09. The largest absolute Gasteiger partial charge is 0.310 e. The maximum atomic E-state index is 4.08. The van der Waals surface area contributed by atoms with Crippen molar-refractivity contribution in [3.63, 3.8) is 0 Å². The van der Waals surface area contributed by atoms with Gasteiger partial charge in [0, 0.05) is 39.4 Å². The van der Waals surface area contributed by atoms with Gasteiger partial charge in [-0.3, -0.25) is 0 Å². The van der Waals surface area contributed by atoms with E-state index >= 15 is 0 Å². The molecule has 53 heavy (non-hydrogen) atoms. The smallest absolute Gasteiger partial charge is 0.0540 e. The second-order valence-corrected chi connectivity index (χ2v) is 13.0. The predicted molar refractivity (Wildman–Crippen MR) is 228 cm³/mol. The Morgan fingerprint density at radius 2 is 0.887 bits per heavy atom. The summed E-state index contributed by atoms with van der Waals surface area (Å²) in [6.07, 6.45) is 4.10. The van der Waals surface area contributed by atoms with Crippen LogP contribution in [0.1, 0.15) is 18.1 Å². The van der Waals surface area contributed by atoms with Crippen molar-refractivity contribution in [3.8, 4) is 22.3 Å². The number of fused-ring (bicyclic) bond motifs is 1. The molecule has 0 saturated heterocycles. The summed E-state index contributed by atoms with van der Waals surface area (Å²) in [5.74, 6) is 0. The zero-order chi connectivity index (χ0) is 36.0. The maximum Gasteiger partial charge on any atom is 0.0540 e. The number of anilines is 5. The number of hydrogen-bond donors (Lipinski definition) is 0. The predicted octanol–water partition coefficient (Wildman–Crippen LogP) is 14.5. The first-order valence-corrected chi connectivity index (χ1v) is 18.1. The number of hydrogen-bond acceptors (Lipinski definition) is 2. The summed E-state index contributed by atoms with van der Waals surface area (Å²) in [7, 11) is 0. The van der Waals surface area contributed by atoms with E-state index in [1.165, 1.54) is 33.0 Å². The van der Waals surface area contributed by atoms with Crippen LogP contribution in [0.4, 0.5) is 28.4 Å². The zero-order valence-corrected chi connectivity index (χ0v) is 29.8. The minimum Gasteiger partial charge on any atom is -0.310 e. The lowest BCUT2D eigenvalue weighted by molar-refractivity contribution is 1.28. The van der Waals surface area contributed by atoms with Crippen LogP contribution in [0.5, 0.6) is 0 Å². The van der Waals surface area contributed by atoms with Crippen molar-refractivity contribution >= 4 is 51.0 Å². The zero-order valence-electron chi connectivity index (χ0n) is 29.8. The van der Waals surface area contributed by atoms with Gasteiger partial charge in [-0.1, -0.05) is 164 Å². The van der Waals surface area contributed by atoms with Gasteiger partial charge in [0.1, 0.15) is 0 Å². The molecule has 8 rings (SSSR count). The summed E-state index contributed by atoms with van der Waals surface area (Å²) in [4.78, 5) is 4.66. The van der Waals surface area contributed by atoms with Crippen molar-refractivity contribution in [1.29, 1.82) is 0 Å². The fourth-order valence-corrected chi connectivity index (χ4v) is 7.19. The molecule has 0 saturated carbocycles. The number of nitrogens with zero attached hydrogens (tertiary/aromatic N) is 2. The molecule has 2 heteroatoms. The van der Waals surface area contributed by atoms with Crippen LogP contribution >= 0.6 is 0 Å². The molecule has 254 valence electrons. The summed E-state index contributed by atoms with van der Waals surface area (Å²) in [6, 6.07) is 71.3. The molecule has 0 aliphatic rings. The molecular weight excluding hydrogens is 641 g/mol. The Hall–Kier alpha value is -6.90. The lowest BCUT2D eigenvalue weighted by Gasteiger charge is -2.29. The first kappa shape index (κ1) is 33.3. The molecular formula is C51H40N2. The third kappa shape index (κ3) is 6.79. The van der Waals surface area contributed by atoms with Crippen LogP contribution in [0.3, 0.4) is 0 Å². The van der Waals surface area contributed by atoms with Crippen LogP contribution in [0.25, 0.3) is 44.8 Å². The van der Waals surface area contributed by atoms with E-state index in [0.29, 0.717) is 0 Å². The standard InChI is InChI=1S/C51H40N2/c1-3-38-16-11-13-23-48(38)50(4-2)52(44-19-7-5-8-20-44)46-34-30-41(31-35-46)39-26-28-40(29-27-39)42-32-36-47(37-33-42)53(45-21-9-6-10-22-45)51-25-15-18-43-17-12-14-24-49(43)51/h3-37H,1H2,2H3/b50-4+. The Labute approximate surface area is 312 Å². The van der Waals surface area contributed by atoms with E-state index < -0.39 is 0 Å². The first-order chi connectivity index (χ1) is 26.2. The first-order valence-electron chi connectivity index (χ1n) is 18.1. The fourth-order valence-electron chi connectivity index (χ4n) is 7.19. The number of rotatable bonds is 10. The third-order valence-electron chi connectivity index (χ3n) is 9.81. The monoisotopic (exact) mass is 680 g/mol. The molecule has 0 spiro atoms. The topological polar surface area (TPSA) is 6.48 Å². The van der Waals surface area contributed by atoms with Gasteiger partial charge in [0.15, 0.2) is 0 Å². The average Bonchev–Trinajstić information content (AvgIpc) is 3.24. The lowest BCUT2D eigenvalue weighted by Crippen LogP contribution is -2.16. The molecule has 8 aromatic carbocycles. The Morgan fingerprint density at radius 1 is 0.434 bits per heavy atom. The fraction of sp³-hybridized carbons (Fsp3) is 0.0196. The van der Waals surface area contributed by atoms with E-state index in [-0.39, 0.29) is 0 Å². The quantitative estimate of drug-likeness (QED) is 0.142. The second kappa shape index (κ2) is 15.1. The van der Waals surface area contributed by atoms with Crippen molar-refractivity contribution in [2.45, 2.75) is 6.92 Å². The van der Waals surface area contributed by atoms with E-state index in [9.17, 15) is 0 Å². The maximum absolute atomic E-state index is 4.08. The molecule has 0 aliphatic carbocycles. The molecule has 0 aliphatic heterocycles. The average molecular weight is 681 g/mol. The molecule has 2 nitrogen and oxygen atoms in total. The van der Waals surface area contributed by atoms with Crippen molar-refractivity contribution < 1.29 is 0 Å². The third-order valence-corrected chi connectivity index (χ3v) is 9.81. The highest BCUT2D eigenvalue weighted by Gasteiger charge is 2.18. The van der Waals surface area contributed by atoms with Crippen molar-refractivity contribution in [2.75, 3.05) is 9.80 Å². The van der Waals surface area contributed by atoms with Crippen molar-refractivity contribution in [3.05, 3.63) is 224 Å². The van der Waals surface area contributed by atoms with E-state index in [2.05, 4.69) is 230 Å². The Bertz CT molecular complexity index is 2490. The highest BCUT2D eigenvalue weighted by Crippen LogP contribution is 2.40. The van der Waals surface area contributed by atoms with Gasteiger partial charge >= 0.3 is 0 Å². The highest BCUT2D eigenvalue weighted by molar-refractivity contribution is 5.99. The minimum absolute atomic E-state index is 1.09. The van der Waals surface area contributed by atoms with Gasteiger partial charge in [0.25, 0.3) is 0 Å². The van der Waals surface area contributed by atoms with E-state index in [4.69, 9.17) is 0 Å². The van der Waals surface area contributed by atoms with Gasteiger partial charge in [-0.15, -0.1) is 0 Å². The summed E-state index contributed by atoms with van der Waals surface area (Å²) >= 11 is 0. The van der Waals surface area contributed by atoms with Gasteiger partial charge in [0.05, 0.1) is 5.69 Å². The van der Waals surface area contributed by atoms with Crippen LogP contribution in [0.15, 0.2) is 213 Å². The molecule has 0 unspecified atom stereocenters. The van der Waals surface area contributed by atoms with Gasteiger partial charge in [-0.2, -0.15) is 0 Å². The number of para-hydroxylation sites is 2. The van der Waals surface area contributed by atoms with E-state index in [1.54, 1.807) is 0 Å².